The molecule has 0 radical (unpaired) electrons. The maximum atomic E-state index is 11.8. The molecule has 1 saturated heterocycles. The Morgan fingerprint density at radius 2 is 1.83 bits per heavy atom. The van der Waals surface area contributed by atoms with Crippen molar-refractivity contribution in [3.63, 3.8) is 0 Å². The van der Waals surface area contributed by atoms with E-state index in [2.05, 4.69) is 17.1 Å². The predicted molar refractivity (Wildman–Crippen MR) is 95.2 cm³/mol. The summed E-state index contributed by atoms with van der Waals surface area (Å²) in [7, 11) is 0. The number of rotatable bonds is 5. The fourth-order valence-electron chi connectivity index (χ4n) is 4.00. The van der Waals surface area contributed by atoms with Gasteiger partial charge >= 0.3 is 6.09 Å². The van der Waals surface area contributed by atoms with E-state index in [4.69, 9.17) is 9.73 Å². The largest absolute Gasteiger partial charge is 0.450 e. The fourth-order valence-corrected chi connectivity index (χ4v) is 4.00. The highest BCUT2D eigenvalue weighted by atomic mass is 16.6. The zero-order valence-electron chi connectivity index (χ0n) is 15.2. The lowest BCUT2D eigenvalue weighted by atomic mass is 9.65. The van der Waals surface area contributed by atoms with E-state index in [1.165, 1.54) is 32.1 Å². The molecule has 0 aromatic carbocycles. The van der Waals surface area contributed by atoms with Crippen molar-refractivity contribution >= 4 is 12.1 Å². The van der Waals surface area contributed by atoms with Crippen molar-refractivity contribution in [1.82, 2.24) is 15.1 Å². The van der Waals surface area contributed by atoms with Crippen LogP contribution < -0.4 is 5.32 Å². The highest BCUT2D eigenvalue weighted by Crippen LogP contribution is 2.57. The third-order valence-corrected chi connectivity index (χ3v) is 5.78. The van der Waals surface area contributed by atoms with Crippen LogP contribution in [0.25, 0.3) is 0 Å². The van der Waals surface area contributed by atoms with Crippen molar-refractivity contribution in [3.8, 4) is 0 Å². The molecule has 1 heterocycles. The Hall–Kier alpha value is -1.46. The van der Waals surface area contributed by atoms with Gasteiger partial charge in [-0.2, -0.15) is 0 Å². The van der Waals surface area contributed by atoms with E-state index in [1.54, 1.807) is 4.90 Å². The topological polar surface area (TPSA) is 57.2 Å². The van der Waals surface area contributed by atoms with Crippen LogP contribution >= 0.6 is 0 Å². The van der Waals surface area contributed by atoms with Crippen LogP contribution in [0, 0.1) is 11.3 Å². The molecule has 24 heavy (non-hydrogen) atoms. The third-order valence-electron chi connectivity index (χ3n) is 5.78. The first kappa shape index (κ1) is 17.4. The number of guanidine groups is 1. The highest BCUT2D eigenvalue weighted by molar-refractivity contribution is 5.80. The molecule has 6 heteroatoms. The molecule has 0 aromatic rings. The fraction of sp³-hybridized carbons (Fsp3) is 0.889. The summed E-state index contributed by atoms with van der Waals surface area (Å²) in [5.74, 6) is 1.95. The van der Waals surface area contributed by atoms with E-state index in [0.717, 1.165) is 38.1 Å². The number of piperazine rings is 1. The van der Waals surface area contributed by atoms with Crippen LogP contribution in [0.3, 0.4) is 0 Å². The van der Waals surface area contributed by atoms with Crippen LogP contribution in [0.1, 0.15) is 46.0 Å². The number of ether oxygens (including phenoxy) is 1. The number of carbonyl (C=O) groups is 1. The molecule has 2 saturated carbocycles. The SMILES string of the molecule is CCNC(=NCC1(C2CC2)CCC1)N1CCN(C(=O)OCC)CC1. The summed E-state index contributed by atoms with van der Waals surface area (Å²) >= 11 is 0. The second-order valence-corrected chi connectivity index (χ2v) is 7.33. The molecule has 0 spiro atoms. The van der Waals surface area contributed by atoms with Crippen LogP contribution in [-0.2, 0) is 4.74 Å². The quantitative estimate of drug-likeness (QED) is 0.618. The number of aliphatic imine (C=N–C) groups is 1. The summed E-state index contributed by atoms with van der Waals surface area (Å²) in [4.78, 5) is 20.9. The smallest absolute Gasteiger partial charge is 0.409 e. The lowest BCUT2D eigenvalue weighted by molar-refractivity contribution is 0.0908. The van der Waals surface area contributed by atoms with Gasteiger partial charge < -0.3 is 19.9 Å². The molecule has 6 nitrogen and oxygen atoms in total. The first-order chi connectivity index (χ1) is 11.7. The van der Waals surface area contributed by atoms with Crippen molar-refractivity contribution in [2.24, 2.45) is 16.3 Å². The molecule has 1 amide bonds. The van der Waals surface area contributed by atoms with E-state index < -0.39 is 0 Å². The second kappa shape index (κ2) is 7.62. The molecule has 136 valence electrons. The average molecular weight is 336 g/mol. The van der Waals surface area contributed by atoms with E-state index >= 15 is 0 Å². The van der Waals surface area contributed by atoms with Crippen molar-refractivity contribution in [3.05, 3.63) is 0 Å². The van der Waals surface area contributed by atoms with Crippen LogP contribution in [0.5, 0.6) is 0 Å². The van der Waals surface area contributed by atoms with Crippen molar-refractivity contribution in [2.75, 3.05) is 45.9 Å². The van der Waals surface area contributed by atoms with E-state index in [0.29, 0.717) is 25.1 Å². The van der Waals surface area contributed by atoms with Gasteiger partial charge in [0.15, 0.2) is 5.96 Å². The molecule has 0 aromatic heterocycles. The molecule has 1 N–H and O–H groups in total. The lowest BCUT2D eigenvalue weighted by Gasteiger charge is -2.42. The standard InChI is InChI=1S/C18H32N4O2/c1-3-19-16(20-14-18(8-5-9-18)15-6-7-15)21-10-12-22(13-11-21)17(23)24-4-2/h15H,3-14H2,1-2H3,(H,19,20). The summed E-state index contributed by atoms with van der Waals surface area (Å²) in [5, 5.41) is 3.44. The van der Waals surface area contributed by atoms with Gasteiger partial charge in [0, 0.05) is 39.3 Å². The Kier molecular flexibility index (Phi) is 5.51. The molecular weight excluding hydrogens is 304 g/mol. The Labute approximate surface area is 145 Å². The Morgan fingerprint density at radius 3 is 2.33 bits per heavy atom. The van der Waals surface area contributed by atoms with E-state index in [-0.39, 0.29) is 6.09 Å². The van der Waals surface area contributed by atoms with Crippen LogP contribution in [0.2, 0.25) is 0 Å². The normalized spacial score (nSPS) is 23.7. The Morgan fingerprint density at radius 1 is 1.17 bits per heavy atom. The van der Waals surface area contributed by atoms with Crippen molar-refractivity contribution in [1.29, 1.82) is 0 Å². The molecule has 3 rings (SSSR count). The summed E-state index contributed by atoms with van der Waals surface area (Å²) in [6, 6.07) is 0. The van der Waals surface area contributed by atoms with Gasteiger partial charge in [0.25, 0.3) is 0 Å². The minimum absolute atomic E-state index is 0.193. The zero-order valence-corrected chi connectivity index (χ0v) is 15.2. The molecule has 0 atom stereocenters. The number of hydrogen-bond acceptors (Lipinski definition) is 3. The van der Waals surface area contributed by atoms with Gasteiger partial charge in [-0.1, -0.05) is 6.42 Å². The number of nitrogens with zero attached hydrogens (tertiary/aromatic N) is 3. The monoisotopic (exact) mass is 336 g/mol. The lowest BCUT2D eigenvalue weighted by Crippen LogP contribution is -2.54. The summed E-state index contributed by atoms with van der Waals surface area (Å²) in [6.45, 7) is 9.30. The molecule has 3 fully saturated rings. The molecule has 1 aliphatic heterocycles. The summed E-state index contributed by atoms with van der Waals surface area (Å²) in [6.07, 6.45) is 6.71. The van der Waals surface area contributed by atoms with Gasteiger partial charge in [0.2, 0.25) is 0 Å². The second-order valence-electron chi connectivity index (χ2n) is 7.33. The first-order valence-electron chi connectivity index (χ1n) is 9.63. The Balaban J connectivity index is 1.56. The number of amides is 1. The van der Waals surface area contributed by atoms with Gasteiger partial charge in [0.1, 0.15) is 0 Å². The van der Waals surface area contributed by atoms with Gasteiger partial charge in [0.05, 0.1) is 6.61 Å². The van der Waals surface area contributed by atoms with Gasteiger partial charge in [-0.15, -0.1) is 0 Å². The van der Waals surface area contributed by atoms with Crippen molar-refractivity contribution < 1.29 is 9.53 Å². The Bertz CT molecular complexity index is 464. The summed E-state index contributed by atoms with van der Waals surface area (Å²) < 4.78 is 5.09. The minimum Gasteiger partial charge on any atom is -0.450 e. The van der Waals surface area contributed by atoms with Gasteiger partial charge in [-0.3, -0.25) is 4.99 Å². The number of nitrogens with one attached hydrogen (secondary N) is 1. The highest BCUT2D eigenvalue weighted by Gasteiger charge is 2.48. The van der Waals surface area contributed by atoms with Crippen LogP contribution in [0.4, 0.5) is 4.79 Å². The molecule has 2 aliphatic carbocycles. The van der Waals surface area contributed by atoms with Gasteiger partial charge in [-0.05, 0) is 50.9 Å². The average Bonchev–Trinajstić information content (AvgIpc) is 3.38. The number of hydrogen-bond donors (Lipinski definition) is 1. The molecule has 3 aliphatic rings. The van der Waals surface area contributed by atoms with E-state index in [9.17, 15) is 4.79 Å². The van der Waals surface area contributed by atoms with Crippen LogP contribution in [0.15, 0.2) is 4.99 Å². The maximum Gasteiger partial charge on any atom is 0.409 e. The predicted octanol–water partition coefficient (Wildman–Crippen LogP) is 2.31. The van der Waals surface area contributed by atoms with E-state index in [1.807, 2.05) is 6.92 Å². The number of carbonyl (C=O) groups excluding carboxylic acids is 1. The maximum absolute atomic E-state index is 11.8. The van der Waals surface area contributed by atoms with Gasteiger partial charge in [-0.25, -0.2) is 4.79 Å². The molecule has 0 bridgehead atoms. The molecule has 0 unspecified atom stereocenters. The zero-order chi connectivity index (χ0) is 17.0. The summed E-state index contributed by atoms with van der Waals surface area (Å²) in [5.41, 5.74) is 0.507. The first-order valence-corrected chi connectivity index (χ1v) is 9.63. The third kappa shape index (κ3) is 3.78. The molecular formula is C18H32N4O2. The van der Waals surface area contributed by atoms with Crippen molar-refractivity contribution in [2.45, 2.75) is 46.0 Å². The minimum atomic E-state index is -0.193. The van der Waals surface area contributed by atoms with Crippen LogP contribution in [-0.4, -0.2) is 67.7 Å².